The van der Waals surface area contributed by atoms with Crippen LogP contribution in [0.5, 0.6) is 0 Å². The number of hydrogen-bond donors (Lipinski definition) is 1. The highest BCUT2D eigenvalue weighted by atomic mass is 19.1. The number of halogens is 3. The summed E-state index contributed by atoms with van der Waals surface area (Å²) in [5.41, 5.74) is -0.917. The third kappa shape index (κ3) is 4.78. The lowest BCUT2D eigenvalue weighted by atomic mass is 9.87. The fourth-order valence-electron chi connectivity index (χ4n) is 4.14. The molecule has 32 heavy (non-hydrogen) atoms. The highest BCUT2D eigenvalue weighted by Gasteiger charge is 2.41. The van der Waals surface area contributed by atoms with Gasteiger partial charge in [-0.3, -0.25) is 0 Å². The molecule has 170 valence electrons. The predicted octanol–water partition coefficient (Wildman–Crippen LogP) is 3.66. The lowest BCUT2D eigenvalue weighted by Gasteiger charge is -2.39. The number of ether oxygens (including phenoxy) is 1. The first-order valence-electron chi connectivity index (χ1n) is 10.5. The number of piperidine rings is 1. The van der Waals surface area contributed by atoms with Crippen molar-refractivity contribution in [3.05, 3.63) is 78.1 Å². The third-order valence-corrected chi connectivity index (χ3v) is 5.97. The number of hydrogen-bond acceptors (Lipinski definition) is 5. The molecular weight excluding hydrogens is 421 g/mol. The first-order chi connectivity index (χ1) is 15.3. The van der Waals surface area contributed by atoms with Gasteiger partial charge in [-0.15, -0.1) is 0 Å². The second-order valence-corrected chi connectivity index (χ2v) is 8.08. The summed E-state index contributed by atoms with van der Waals surface area (Å²) in [5, 5.41) is 15.6. The number of anilines is 1. The molecule has 4 rings (SSSR count). The van der Waals surface area contributed by atoms with E-state index in [0.717, 1.165) is 17.8 Å². The molecule has 6 nitrogen and oxygen atoms in total. The van der Waals surface area contributed by atoms with Gasteiger partial charge in [-0.25, -0.2) is 22.8 Å². The van der Waals surface area contributed by atoms with Crippen molar-refractivity contribution in [1.29, 1.82) is 0 Å². The van der Waals surface area contributed by atoms with Gasteiger partial charge in [0.2, 0.25) is 0 Å². The number of aromatic nitrogens is 3. The van der Waals surface area contributed by atoms with Crippen molar-refractivity contribution in [2.45, 2.75) is 44.1 Å². The zero-order chi connectivity index (χ0) is 22.7. The Bertz CT molecular complexity index is 1020. The summed E-state index contributed by atoms with van der Waals surface area (Å²) in [5.74, 6) is -1.86. The van der Waals surface area contributed by atoms with Crippen LogP contribution in [-0.2, 0) is 16.9 Å². The van der Waals surface area contributed by atoms with Crippen molar-refractivity contribution in [3.8, 4) is 0 Å². The average Bonchev–Trinajstić information content (AvgIpc) is 3.27. The minimum absolute atomic E-state index is 0.0642. The quantitative estimate of drug-likeness (QED) is 0.600. The zero-order valence-electron chi connectivity index (χ0n) is 17.7. The van der Waals surface area contributed by atoms with Crippen LogP contribution in [0.1, 0.15) is 25.3 Å². The molecule has 1 N–H and O–H groups in total. The molecule has 2 atom stereocenters. The zero-order valence-corrected chi connectivity index (χ0v) is 17.7. The normalized spacial score (nSPS) is 17.8. The maximum absolute atomic E-state index is 14.6. The summed E-state index contributed by atoms with van der Waals surface area (Å²) in [7, 11) is 0. The molecule has 0 radical (unpaired) electrons. The summed E-state index contributed by atoms with van der Waals surface area (Å²) in [4.78, 5) is 6.02. The topological polar surface area (TPSA) is 63.4 Å². The molecule has 3 aromatic rings. The van der Waals surface area contributed by atoms with Crippen LogP contribution in [0.2, 0.25) is 0 Å². The third-order valence-electron chi connectivity index (χ3n) is 5.97. The molecule has 2 aromatic carbocycles. The van der Waals surface area contributed by atoms with Gasteiger partial charge in [-0.2, -0.15) is 5.10 Å². The van der Waals surface area contributed by atoms with E-state index < -0.39 is 23.3 Å². The molecule has 0 aliphatic carbocycles. The Labute approximate surface area is 184 Å². The molecule has 0 spiro atoms. The van der Waals surface area contributed by atoms with Crippen LogP contribution in [0, 0.1) is 17.5 Å². The maximum atomic E-state index is 14.6. The monoisotopic (exact) mass is 446 g/mol. The predicted molar refractivity (Wildman–Crippen MR) is 112 cm³/mol. The first-order valence-corrected chi connectivity index (χ1v) is 10.5. The molecular formula is C23H25F3N4O2. The van der Waals surface area contributed by atoms with Crippen molar-refractivity contribution < 1.29 is 23.0 Å². The first kappa shape index (κ1) is 22.3. The fraction of sp³-hybridized carbons (Fsp3) is 0.391. The average molecular weight is 446 g/mol. The second-order valence-electron chi connectivity index (χ2n) is 8.08. The molecule has 0 unspecified atom stereocenters. The van der Waals surface area contributed by atoms with Gasteiger partial charge in [0.25, 0.3) is 0 Å². The Balaban J connectivity index is 1.48. The molecule has 2 heterocycles. The summed E-state index contributed by atoms with van der Waals surface area (Å²) in [6.45, 7) is 2.97. The van der Waals surface area contributed by atoms with Crippen LogP contribution < -0.4 is 4.90 Å². The second kappa shape index (κ2) is 9.30. The van der Waals surface area contributed by atoms with E-state index in [1.807, 2.05) is 0 Å². The van der Waals surface area contributed by atoms with E-state index >= 15 is 0 Å². The van der Waals surface area contributed by atoms with Crippen molar-refractivity contribution in [3.63, 3.8) is 0 Å². The van der Waals surface area contributed by atoms with E-state index in [0.29, 0.717) is 25.9 Å². The van der Waals surface area contributed by atoms with Crippen LogP contribution in [0.25, 0.3) is 0 Å². The van der Waals surface area contributed by atoms with Gasteiger partial charge in [0.1, 0.15) is 35.7 Å². The van der Waals surface area contributed by atoms with Gasteiger partial charge in [0, 0.05) is 30.4 Å². The van der Waals surface area contributed by atoms with Gasteiger partial charge in [-0.1, -0.05) is 6.07 Å². The van der Waals surface area contributed by atoms with Crippen LogP contribution in [-0.4, -0.2) is 45.2 Å². The van der Waals surface area contributed by atoms with Gasteiger partial charge >= 0.3 is 0 Å². The Kier molecular flexibility index (Phi) is 6.48. The number of nitrogens with zero attached hydrogens (tertiary/aromatic N) is 4. The number of benzene rings is 2. The van der Waals surface area contributed by atoms with E-state index in [2.05, 4.69) is 15.0 Å². The van der Waals surface area contributed by atoms with Crippen molar-refractivity contribution >= 4 is 5.69 Å². The SMILES string of the molecule is C[C@@H](OC1CCN(c2ccc(F)cc2)CC1)[C@](O)(Cn1cncn1)c1ccc(F)cc1F. The van der Waals surface area contributed by atoms with Gasteiger partial charge in [0.05, 0.1) is 18.8 Å². The largest absolute Gasteiger partial charge is 0.380 e. The van der Waals surface area contributed by atoms with Crippen LogP contribution in [0.3, 0.4) is 0 Å². The molecule has 1 aliphatic rings. The Morgan fingerprint density at radius 3 is 2.41 bits per heavy atom. The van der Waals surface area contributed by atoms with Crippen molar-refractivity contribution in [1.82, 2.24) is 14.8 Å². The molecule has 1 saturated heterocycles. The molecule has 9 heteroatoms. The highest BCUT2D eigenvalue weighted by Crippen LogP contribution is 2.33. The van der Waals surface area contributed by atoms with E-state index in [4.69, 9.17) is 4.74 Å². The van der Waals surface area contributed by atoms with Gasteiger partial charge < -0.3 is 14.7 Å². The van der Waals surface area contributed by atoms with E-state index in [1.54, 1.807) is 19.1 Å². The van der Waals surface area contributed by atoms with Crippen molar-refractivity contribution in [2.24, 2.45) is 0 Å². The molecule has 1 aliphatic heterocycles. The fourth-order valence-corrected chi connectivity index (χ4v) is 4.14. The lowest BCUT2D eigenvalue weighted by Crippen LogP contribution is -2.47. The molecule has 1 fully saturated rings. The van der Waals surface area contributed by atoms with E-state index in [9.17, 15) is 18.3 Å². The summed E-state index contributed by atoms with van der Waals surface area (Å²) < 4.78 is 48.9. The number of rotatable bonds is 7. The lowest BCUT2D eigenvalue weighted by molar-refractivity contribution is -0.145. The van der Waals surface area contributed by atoms with Crippen LogP contribution >= 0.6 is 0 Å². The summed E-state index contributed by atoms with van der Waals surface area (Å²) in [6, 6.07) is 9.44. The Hall–Kier alpha value is -2.91. The number of aliphatic hydroxyl groups is 1. The van der Waals surface area contributed by atoms with Gasteiger partial charge in [0.15, 0.2) is 0 Å². The molecule has 0 amide bonds. The highest BCUT2D eigenvalue weighted by molar-refractivity contribution is 5.46. The maximum Gasteiger partial charge on any atom is 0.138 e. The molecule has 0 bridgehead atoms. The minimum atomic E-state index is -1.79. The van der Waals surface area contributed by atoms with E-state index in [1.165, 1.54) is 35.5 Å². The van der Waals surface area contributed by atoms with Crippen LogP contribution in [0.15, 0.2) is 55.1 Å². The Morgan fingerprint density at radius 2 is 1.78 bits per heavy atom. The molecule has 1 aromatic heterocycles. The Morgan fingerprint density at radius 1 is 1.09 bits per heavy atom. The minimum Gasteiger partial charge on any atom is -0.380 e. The van der Waals surface area contributed by atoms with Crippen LogP contribution in [0.4, 0.5) is 18.9 Å². The summed E-state index contributed by atoms with van der Waals surface area (Å²) >= 11 is 0. The smallest absolute Gasteiger partial charge is 0.138 e. The van der Waals surface area contributed by atoms with Gasteiger partial charge in [-0.05, 0) is 50.1 Å². The standard InChI is InChI=1S/C23H25F3N4O2/c1-16(32-20-8-10-29(11-9-20)19-5-2-17(24)3-6-19)23(31,13-30-15-27-14-28-30)21-7-4-18(25)12-22(21)26/h2-7,12,14-16,20,31H,8-11,13H2,1H3/t16-,23-/m1/s1. The molecule has 0 saturated carbocycles. The van der Waals surface area contributed by atoms with Crippen molar-refractivity contribution in [2.75, 3.05) is 18.0 Å². The summed E-state index contributed by atoms with van der Waals surface area (Å²) in [6.07, 6.45) is 3.14. The van der Waals surface area contributed by atoms with E-state index in [-0.39, 0.29) is 24.0 Å².